The van der Waals surface area contributed by atoms with E-state index in [1.165, 1.54) is 6.07 Å². The van der Waals surface area contributed by atoms with Crippen molar-refractivity contribution >= 4 is 35.9 Å². The summed E-state index contributed by atoms with van der Waals surface area (Å²) in [6, 6.07) is 13.6. The second-order valence-corrected chi connectivity index (χ2v) is 6.57. The van der Waals surface area contributed by atoms with Gasteiger partial charge >= 0.3 is 7.05 Å². The third-order valence-corrected chi connectivity index (χ3v) is 4.00. The van der Waals surface area contributed by atoms with Gasteiger partial charge in [0.25, 0.3) is 0 Å². The molecule has 0 saturated heterocycles. The van der Waals surface area contributed by atoms with E-state index in [1.807, 2.05) is 12.1 Å². The zero-order valence-electron chi connectivity index (χ0n) is 15.9. The summed E-state index contributed by atoms with van der Waals surface area (Å²) in [5.41, 5.74) is 1.85. The van der Waals surface area contributed by atoms with Gasteiger partial charge in [0.1, 0.15) is 5.75 Å². The van der Waals surface area contributed by atoms with E-state index in [9.17, 15) is 19.7 Å². The van der Waals surface area contributed by atoms with Gasteiger partial charge < -0.3 is 26.0 Å². The van der Waals surface area contributed by atoms with Crippen LogP contribution in [0.3, 0.4) is 0 Å². The predicted molar refractivity (Wildman–Crippen MR) is 112 cm³/mol. The first-order valence-electron chi connectivity index (χ1n) is 9.36. The second-order valence-electron chi connectivity index (χ2n) is 6.57. The molecule has 0 saturated carbocycles. The maximum Gasteiger partial charge on any atom is 0.406 e. The number of hydrogen-bond donors (Lipinski definition) is 5. The molecule has 0 heterocycles. The van der Waals surface area contributed by atoms with Crippen molar-refractivity contribution in [1.82, 2.24) is 0 Å². The van der Waals surface area contributed by atoms with Crippen molar-refractivity contribution in [3.63, 3.8) is 0 Å². The molecule has 2 amide bonds. The van der Waals surface area contributed by atoms with Gasteiger partial charge in [-0.25, -0.2) is 0 Å². The first-order valence-corrected chi connectivity index (χ1v) is 9.36. The molecule has 8 heteroatoms. The molecule has 28 heavy (non-hydrogen) atoms. The van der Waals surface area contributed by atoms with E-state index in [1.54, 1.807) is 37.2 Å². The third-order valence-electron chi connectivity index (χ3n) is 4.00. The number of para-hydroxylation sites is 2. The quantitative estimate of drug-likeness (QED) is 0.319. The molecule has 148 valence electrons. The van der Waals surface area contributed by atoms with E-state index in [-0.39, 0.29) is 17.6 Å². The highest BCUT2D eigenvalue weighted by molar-refractivity contribution is 6.53. The zero-order valence-corrected chi connectivity index (χ0v) is 15.9. The van der Waals surface area contributed by atoms with Crippen LogP contribution in [-0.2, 0) is 9.59 Å². The maximum atomic E-state index is 12.1. The molecule has 0 radical (unpaired) electrons. The fraction of sp³-hybridized carbons (Fsp3) is 0.300. The van der Waals surface area contributed by atoms with Gasteiger partial charge in [0.2, 0.25) is 11.8 Å². The van der Waals surface area contributed by atoms with E-state index in [0.717, 1.165) is 6.42 Å². The van der Waals surface area contributed by atoms with Crippen LogP contribution in [0.1, 0.15) is 32.1 Å². The molecule has 0 aliphatic heterocycles. The van der Waals surface area contributed by atoms with Crippen molar-refractivity contribution in [2.75, 3.05) is 15.9 Å². The van der Waals surface area contributed by atoms with Crippen LogP contribution in [0.25, 0.3) is 0 Å². The highest BCUT2D eigenvalue weighted by atomic mass is 16.3. The molecule has 0 unspecified atom stereocenters. The Kier molecular flexibility index (Phi) is 8.36. The van der Waals surface area contributed by atoms with Crippen LogP contribution < -0.4 is 15.9 Å². The molecule has 2 rings (SSSR count). The van der Waals surface area contributed by atoms with E-state index in [0.29, 0.717) is 42.7 Å². The summed E-state index contributed by atoms with van der Waals surface area (Å²) >= 11 is 0. The van der Waals surface area contributed by atoms with Crippen LogP contribution in [0.4, 0.5) is 17.1 Å². The zero-order chi connectivity index (χ0) is 20.4. The van der Waals surface area contributed by atoms with Gasteiger partial charge in [-0.2, -0.15) is 0 Å². The number of nitrogens with one attached hydrogen (secondary N) is 3. The number of phenols is 1. The second kappa shape index (κ2) is 11.0. The molecule has 0 bridgehead atoms. The molecular formula is C20H26BN3O4. The number of phenolic OH excluding ortho intramolecular Hbond substituents is 1. The predicted octanol–water partition coefficient (Wildman–Crippen LogP) is 3.44. The molecule has 0 aliphatic rings. The number of unbranched alkanes of at least 4 members (excludes halogenated alkanes) is 2. The summed E-state index contributed by atoms with van der Waals surface area (Å²) in [5.74, 6) is -0.119. The maximum absolute atomic E-state index is 12.1. The molecule has 5 N–H and O–H groups in total. The molecule has 2 aromatic rings. The summed E-state index contributed by atoms with van der Waals surface area (Å²) in [7, 11) is -0.718. The van der Waals surface area contributed by atoms with Gasteiger partial charge in [0, 0.05) is 30.3 Å². The van der Waals surface area contributed by atoms with E-state index >= 15 is 0 Å². The number of aromatic hydroxyl groups is 1. The molecular weight excluding hydrogens is 357 g/mol. The summed E-state index contributed by atoms with van der Waals surface area (Å²) in [4.78, 5) is 24.0. The van der Waals surface area contributed by atoms with Crippen LogP contribution in [0.2, 0.25) is 6.82 Å². The van der Waals surface area contributed by atoms with E-state index < -0.39 is 7.05 Å². The lowest BCUT2D eigenvalue weighted by molar-refractivity contribution is -0.116. The highest BCUT2D eigenvalue weighted by Crippen LogP contribution is 2.21. The number of hydrogen-bond acceptors (Lipinski definition) is 5. The molecule has 0 fully saturated rings. The minimum absolute atomic E-state index is 0.106. The average molecular weight is 383 g/mol. The summed E-state index contributed by atoms with van der Waals surface area (Å²) in [5, 5.41) is 27.3. The largest absolute Gasteiger partial charge is 0.508 e. The monoisotopic (exact) mass is 383 g/mol. The van der Waals surface area contributed by atoms with Crippen LogP contribution in [0.15, 0.2) is 48.5 Å². The Balaban J connectivity index is 1.65. The molecule has 7 nitrogen and oxygen atoms in total. The number of rotatable bonds is 10. The Bertz CT molecular complexity index is 799. The van der Waals surface area contributed by atoms with Crippen molar-refractivity contribution in [3.05, 3.63) is 48.5 Å². The Labute approximate surface area is 165 Å². The van der Waals surface area contributed by atoms with Crippen LogP contribution >= 0.6 is 0 Å². The Morgan fingerprint density at radius 3 is 2.18 bits per heavy atom. The van der Waals surface area contributed by atoms with Gasteiger partial charge in [-0.05, 0) is 43.9 Å². The number of benzene rings is 2. The van der Waals surface area contributed by atoms with Crippen LogP contribution in [0.5, 0.6) is 5.75 Å². The fourth-order valence-electron chi connectivity index (χ4n) is 2.71. The van der Waals surface area contributed by atoms with Gasteiger partial charge in [0.15, 0.2) is 0 Å². The Morgan fingerprint density at radius 2 is 1.54 bits per heavy atom. The SMILES string of the molecule is CB(O)Nc1ccccc1NC(=O)CCCCCC(=O)Nc1cccc(O)c1. The minimum Gasteiger partial charge on any atom is -0.508 e. The van der Waals surface area contributed by atoms with Crippen LogP contribution in [-0.4, -0.2) is 29.0 Å². The summed E-state index contributed by atoms with van der Waals surface area (Å²) in [6.07, 6.45) is 2.83. The molecule has 2 aromatic carbocycles. The summed E-state index contributed by atoms with van der Waals surface area (Å²) < 4.78 is 0. The molecule has 0 aromatic heterocycles. The lowest BCUT2D eigenvalue weighted by Crippen LogP contribution is -2.21. The normalized spacial score (nSPS) is 10.2. The summed E-state index contributed by atoms with van der Waals surface area (Å²) in [6.45, 7) is 1.61. The topological polar surface area (TPSA) is 111 Å². The van der Waals surface area contributed by atoms with Gasteiger partial charge in [0.05, 0.1) is 5.69 Å². The van der Waals surface area contributed by atoms with Crippen molar-refractivity contribution in [1.29, 1.82) is 0 Å². The highest BCUT2D eigenvalue weighted by Gasteiger charge is 2.10. The third kappa shape index (κ3) is 7.71. The van der Waals surface area contributed by atoms with Gasteiger partial charge in [-0.3, -0.25) is 9.59 Å². The lowest BCUT2D eigenvalue weighted by atomic mass is 9.88. The van der Waals surface area contributed by atoms with Crippen molar-refractivity contribution in [2.24, 2.45) is 0 Å². The minimum atomic E-state index is -0.718. The number of amides is 2. The number of carbonyl (C=O) groups excluding carboxylic acids is 2. The first-order chi connectivity index (χ1) is 13.4. The van der Waals surface area contributed by atoms with E-state index in [4.69, 9.17) is 0 Å². The molecule has 0 aliphatic carbocycles. The lowest BCUT2D eigenvalue weighted by Gasteiger charge is -2.13. The Morgan fingerprint density at radius 1 is 0.893 bits per heavy atom. The fourth-order valence-corrected chi connectivity index (χ4v) is 2.71. The Hall–Kier alpha value is -3.00. The average Bonchev–Trinajstić information content (AvgIpc) is 2.62. The molecule has 0 spiro atoms. The van der Waals surface area contributed by atoms with E-state index in [2.05, 4.69) is 15.9 Å². The van der Waals surface area contributed by atoms with Crippen LogP contribution in [0, 0.1) is 0 Å². The van der Waals surface area contributed by atoms with Gasteiger partial charge in [-0.1, -0.05) is 24.6 Å². The van der Waals surface area contributed by atoms with Crippen molar-refractivity contribution in [3.8, 4) is 5.75 Å². The number of anilines is 3. The number of carbonyl (C=O) groups is 2. The van der Waals surface area contributed by atoms with Gasteiger partial charge in [-0.15, -0.1) is 0 Å². The smallest absolute Gasteiger partial charge is 0.406 e. The molecule has 0 atom stereocenters. The van der Waals surface area contributed by atoms with Crippen molar-refractivity contribution < 1.29 is 19.7 Å². The standard InChI is InChI=1S/C20H26BN3O4/c1-21(28)24-18-11-6-5-10-17(18)23-20(27)13-4-2-3-12-19(26)22-15-8-7-9-16(25)14-15/h5-11,14,24-25,28H,2-4,12-13H2,1H3,(H,22,26)(H,23,27). The first kappa shape index (κ1) is 21.3. The van der Waals surface area contributed by atoms with Crippen molar-refractivity contribution in [2.45, 2.75) is 38.9 Å².